The number of ketones is 1. The van der Waals surface area contributed by atoms with Crippen LogP contribution in [0.4, 0.5) is 0 Å². The van der Waals surface area contributed by atoms with Gasteiger partial charge in [0, 0.05) is 30.5 Å². The third kappa shape index (κ3) is 5.15. The predicted octanol–water partition coefficient (Wildman–Crippen LogP) is 2.16. The first-order valence-electron chi connectivity index (χ1n) is 9.41. The number of benzene rings is 1. The minimum Gasteiger partial charge on any atom is -0.384 e. The van der Waals surface area contributed by atoms with Gasteiger partial charge in [-0.1, -0.05) is 37.3 Å². The first kappa shape index (κ1) is 20.6. The lowest BCUT2D eigenvalue weighted by molar-refractivity contribution is -0.149. The molecule has 26 heavy (non-hydrogen) atoms. The lowest BCUT2D eigenvalue weighted by Crippen LogP contribution is -2.54. The first-order chi connectivity index (χ1) is 12.1. The fourth-order valence-corrected chi connectivity index (χ4v) is 3.66. The van der Waals surface area contributed by atoms with E-state index in [1.165, 1.54) is 0 Å². The normalized spacial score (nSPS) is 23.6. The van der Waals surface area contributed by atoms with Crippen LogP contribution in [0.5, 0.6) is 0 Å². The van der Waals surface area contributed by atoms with E-state index in [1.807, 2.05) is 56.0 Å². The fourth-order valence-electron chi connectivity index (χ4n) is 3.66. The van der Waals surface area contributed by atoms with Crippen LogP contribution in [-0.4, -0.2) is 45.9 Å². The van der Waals surface area contributed by atoms with Gasteiger partial charge in [0.15, 0.2) is 5.78 Å². The molecule has 1 heterocycles. The maximum Gasteiger partial charge on any atom is 0.226 e. The third-order valence-corrected chi connectivity index (χ3v) is 5.10. The van der Waals surface area contributed by atoms with Crippen molar-refractivity contribution in [3.05, 3.63) is 35.9 Å². The SMILES string of the molecule is CC1CC(CC(=O)C(O)C(N)Cc2ccccc2)C(=O)N(C(C)(C)C)C1. The molecule has 144 valence electrons. The summed E-state index contributed by atoms with van der Waals surface area (Å²) in [5, 5.41) is 10.4. The molecule has 4 unspecified atom stereocenters. The number of carbonyl (C=O) groups excluding carboxylic acids is 2. The lowest BCUT2D eigenvalue weighted by Gasteiger charge is -2.44. The Hall–Kier alpha value is -1.72. The van der Waals surface area contributed by atoms with Gasteiger partial charge in [0.1, 0.15) is 6.10 Å². The Labute approximate surface area is 156 Å². The molecule has 0 spiro atoms. The highest BCUT2D eigenvalue weighted by Gasteiger charge is 2.39. The monoisotopic (exact) mass is 360 g/mol. The van der Waals surface area contributed by atoms with Gasteiger partial charge in [0.2, 0.25) is 5.91 Å². The molecule has 0 bridgehead atoms. The third-order valence-electron chi connectivity index (χ3n) is 5.10. The molecule has 1 aromatic carbocycles. The molecule has 0 radical (unpaired) electrons. The number of hydrogen-bond acceptors (Lipinski definition) is 4. The molecule has 5 nitrogen and oxygen atoms in total. The molecular weight excluding hydrogens is 328 g/mol. The van der Waals surface area contributed by atoms with Crippen molar-refractivity contribution in [2.24, 2.45) is 17.6 Å². The number of carbonyl (C=O) groups is 2. The fraction of sp³-hybridized carbons (Fsp3) is 0.619. The summed E-state index contributed by atoms with van der Waals surface area (Å²) in [6.07, 6.45) is -0.0861. The van der Waals surface area contributed by atoms with E-state index in [4.69, 9.17) is 5.73 Å². The number of rotatable bonds is 6. The molecule has 0 aromatic heterocycles. The van der Waals surface area contributed by atoms with E-state index >= 15 is 0 Å². The van der Waals surface area contributed by atoms with Gasteiger partial charge in [0.05, 0.1) is 0 Å². The molecule has 1 aliphatic heterocycles. The summed E-state index contributed by atoms with van der Waals surface area (Å²) in [4.78, 5) is 27.2. The zero-order valence-electron chi connectivity index (χ0n) is 16.3. The van der Waals surface area contributed by atoms with Crippen molar-refractivity contribution in [2.75, 3.05) is 6.54 Å². The summed E-state index contributed by atoms with van der Waals surface area (Å²) in [5.74, 6) is -0.369. The quantitative estimate of drug-likeness (QED) is 0.814. The van der Waals surface area contributed by atoms with E-state index in [0.29, 0.717) is 25.3 Å². The van der Waals surface area contributed by atoms with Gasteiger partial charge in [-0.05, 0) is 45.1 Å². The van der Waals surface area contributed by atoms with Gasteiger partial charge in [-0.3, -0.25) is 9.59 Å². The molecule has 3 N–H and O–H groups in total. The van der Waals surface area contributed by atoms with Gasteiger partial charge in [-0.2, -0.15) is 0 Å². The standard InChI is InChI=1S/C21H32N2O3/c1-14-10-16(20(26)23(13-14)21(2,3)4)12-18(24)19(25)17(22)11-15-8-6-5-7-9-15/h5-9,14,16-17,19,25H,10-13,22H2,1-4H3. The molecular formula is C21H32N2O3. The summed E-state index contributed by atoms with van der Waals surface area (Å²) in [5.41, 5.74) is 6.76. The molecule has 1 fully saturated rings. The molecule has 4 atom stereocenters. The van der Waals surface area contributed by atoms with Gasteiger partial charge >= 0.3 is 0 Å². The summed E-state index contributed by atoms with van der Waals surface area (Å²) in [6, 6.07) is 8.89. The summed E-state index contributed by atoms with van der Waals surface area (Å²) >= 11 is 0. The molecule has 1 aromatic rings. The number of aliphatic hydroxyl groups excluding tert-OH is 1. The number of likely N-dealkylation sites (tertiary alicyclic amines) is 1. The Kier molecular flexibility index (Phi) is 6.58. The molecule has 1 aliphatic rings. The minimum atomic E-state index is -1.25. The number of nitrogens with two attached hydrogens (primary N) is 1. The van der Waals surface area contributed by atoms with Crippen LogP contribution in [0.25, 0.3) is 0 Å². The highest BCUT2D eigenvalue weighted by molar-refractivity contribution is 5.90. The second-order valence-electron chi connectivity index (χ2n) is 8.63. The molecule has 1 amide bonds. The maximum atomic E-state index is 12.8. The smallest absolute Gasteiger partial charge is 0.226 e. The average Bonchev–Trinajstić information content (AvgIpc) is 2.56. The van der Waals surface area contributed by atoms with Crippen LogP contribution < -0.4 is 5.73 Å². The Bertz CT molecular complexity index is 624. The van der Waals surface area contributed by atoms with Crippen LogP contribution in [0, 0.1) is 11.8 Å². The van der Waals surface area contributed by atoms with E-state index in [1.54, 1.807) is 0 Å². The highest BCUT2D eigenvalue weighted by atomic mass is 16.3. The van der Waals surface area contributed by atoms with Crippen LogP contribution in [0.2, 0.25) is 0 Å². The van der Waals surface area contributed by atoms with Crippen molar-refractivity contribution >= 4 is 11.7 Å². The first-order valence-corrected chi connectivity index (χ1v) is 9.41. The molecule has 1 saturated heterocycles. The number of amides is 1. The van der Waals surface area contributed by atoms with Crippen molar-refractivity contribution < 1.29 is 14.7 Å². The van der Waals surface area contributed by atoms with E-state index < -0.39 is 12.1 Å². The lowest BCUT2D eigenvalue weighted by atomic mass is 9.82. The number of nitrogens with zero attached hydrogens (tertiary/aromatic N) is 1. The summed E-state index contributed by atoms with van der Waals surface area (Å²) in [6.45, 7) is 8.83. The molecule has 5 heteroatoms. The Morgan fingerprint density at radius 1 is 1.31 bits per heavy atom. The Morgan fingerprint density at radius 2 is 1.92 bits per heavy atom. The van der Waals surface area contributed by atoms with E-state index in [9.17, 15) is 14.7 Å². The molecule has 0 aliphatic carbocycles. The summed E-state index contributed by atoms with van der Waals surface area (Å²) in [7, 11) is 0. The topological polar surface area (TPSA) is 83.6 Å². The van der Waals surface area contributed by atoms with Crippen LogP contribution in [0.3, 0.4) is 0 Å². The summed E-state index contributed by atoms with van der Waals surface area (Å²) < 4.78 is 0. The van der Waals surface area contributed by atoms with Crippen LogP contribution in [-0.2, 0) is 16.0 Å². The molecule has 2 rings (SSSR count). The zero-order valence-corrected chi connectivity index (χ0v) is 16.3. The van der Waals surface area contributed by atoms with Gasteiger partial charge in [-0.15, -0.1) is 0 Å². The second-order valence-corrected chi connectivity index (χ2v) is 8.63. The largest absolute Gasteiger partial charge is 0.384 e. The van der Waals surface area contributed by atoms with Gasteiger partial charge in [0.25, 0.3) is 0 Å². The number of hydrogen-bond donors (Lipinski definition) is 2. The number of aliphatic hydroxyl groups is 1. The van der Waals surface area contributed by atoms with Crippen molar-refractivity contribution in [3.8, 4) is 0 Å². The zero-order chi connectivity index (χ0) is 19.5. The minimum absolute atomic E-state index is 0.00720. The van der Waals surface area contributed by atoms with E-state index in [2.05, 4.69) is 6.92 Å². The van der Waals surface area contributed by atoms with Gasteiger partial charge in [-0.25, -0.2) is 0 Å². The molecule has 0 saturated carbocycles. The number of Topliss-reactive ketones (excluding diaryl/α,β-unsaturated/α-hetero) is 1. The van der Waals surface area contributed by atoms with Crippen molar-refractivity contribution in [1.29, 1.82) is 0 Å². The van der Waals surface area contributed by atoms with Crippen LogP contribution in [0.1, 0.15) is 46.1 Å². The average molecular weight is 360 g/mol. The predicted molar refractivity (Wildman–Crippen MR) is 102 cm³/mol. The van der Waals surface area contributed by atoms with Gasteiger partial charge < -0.3 is 15.7 Å². The maximum absolute atomic E-state index is 12.8. The van der Waals surface area contributed by atoms with Crippen LogP contribution >= 0.6 is 0 Å². The van der Waals surface area contributed by atoms with Crippen molar-refractivity contribution in [2.45, 2.75) is 64.6 Å². The number of piperidine rings is 1. The van der Waals surface area contributed by atoms with Crippen molar-refractivity contribution in [1.82, 2.24) is 4.90 Å². The second kappa shape index (κ2) is 8.31. The van der Waals surface area contributed by atoms with Crippen molar-refractivity contribution in [3.63, 3.8) is 0 Å². The Morgan fingerprint density at radius 3 is 2.50 bits per heavy atom. The van der Waals surface area contributed by atoms with E-state index in [0.717, 1.165) is 5.56 Å². The Balaban J connectivity index is 1.99. The van der Waals surface area contributed by atoms with E-state index in [-0.39, 0.29) is 29.6 Å². The highest BCUT2D eigenvalue weighted by Crippen LogP contribution is 2.30. The van der Waals surface area contributed by atoms with Crippen LogP contribution in [0.15, 0.2) is 30.3 Å².